The number of benzene rings is 2. The molecular formula is C23H26N2O4. The molecule has 2 aromatic rings. The number of carbonyl (C=O) groups is 3. The Morgan fingerprint density at radius 2 is 1.79 bits per heavy atom. The average molecular weight is 394 g/mol. The molecule has 1 heterocycles. The van der Waals surface area contributed by atoms with Crippen LogP contribution in [0.2, 0.25) is 0 Å². The Morgan fingerprint density at radius 3 is 2.48 bits per heavy atom. The maximum Gasteiger partial charge on any atom is 0.311 e. The van der Waals surface area contributed by atoms with Crippen LogP contribution in [0.3, 0.4) is 0 Å². The molecule has 6 nitrogen and oxygen atoms in total. The van der Waals surface area contributed by atoms with E-state index in [0.717, 1.165) is 24.1 Å². The summed E-state index contributed by atoms with van der Waals surface area (Å²) < 4.78 is 5.17. The van der Waals surface area contributed by atoms with E-state index in [1.165, 1.54) is 5.56 Å². The predicted molar refractivity (Wildman–Crippen MR) is 112 cm³/mol. The monoisotopic (exact) mass is 394 g/mol. The topological polar surface area (TPSA) is 75.7 Å². The van der Waals surface area contributed by atoms with E-state index in [9.17, 15) is 14.4 Å². The van der Waals surface area contributed by atoms with Gasteiger partial charge in [-0.2, -0.15) is 0 Å². The summed E-state index contributed by atoms with van der Waals surface area (Å²) in [5.41, 5.74) is 3.69. The largest absolute Gasteiger partial charge is 0.455 e. The van der Waals surface area contributed by atoms with E-state index < -0.39 is 17.8 Å². The number of ether oxygens (including phenoxy) is 1. The average Bonchev–Trinajstić information content (AvgIpc) is 3.14. The van der Waals surface area contributed by atoms with E-state index in [1.807, 2.05) is 55.5 Å². The van der Waals surface area contributed by atoms with E-state index >= 15 is 0 Å². The number of hydrogen-bond acceptors (Lipinski definition) is 4. The summed E-state index contributed by atoms with van der Waals surface area (Å²) in [5.74, 6) is -1.60. The number of aryl methyl sites for hydroxylation is 2. The van der Waals surface area contributed by atoms with E-state index in [1.54, 1.807) is 4.90 Å². The molecule has 0 bridgehead atoms. The van der Waals surface area contributed by atoms with Crippen LogP contribution < -0.4 is 10.2 Å². The molecule has 1 aliphatic heterocycles. The van der Waals surface area contributed by atoms with Crippen molar-refractivity contribution in [2.45, 2.75) is 33.1 Å². The van der Waals surface area contributed by atoms with Crippen molar-refractivity contribution >= 4 is 29.2 Å². The van der Waals surface area contributed by atoms with E-state index in [0.29, 0.717) is 5.69 Å². The lowest BCUT2D eigenvalue weighted by atomic mass is 10.1. The maximum atomic E-state index is 12.4. The molecular weight excluding hydrogens is 368 g/mol. The third-order valence-corrected chi connectivity index (χ3v) is 5.13. The molecule has 3 rings (SSSR count). The summed E-state index contributed by atoms with van der Waals surface area (Å²) >= 11 is 0. The van der Waals surface area contributed by atoms with Gasteiger partial charge < -0.3 is 15.0 Å². The van der Waals surface area contributed by atoms with Gasteiger partial charge in [0, 0.05) is 24.3 Å². The lowest BCUT2D eigenvalue weighted by molar-refractivity contribution is -0.151. The van der Waals surface area contributed by atoms with Crippen molar-refractivity contribution in [3.05, 3.63) is 59.7 Å². The number of nitrogens with one attached hydrogen (secondary N) is 1. The summed E-state index contributed by atoms with van der Waals surface area (Å²) in [5, 5.41) is 2.77. The second-order valence-electron chi connectivity index (χ2n) is 7.09. The minimum Gasteiger partial charge on any atom is -0.455 e. The molecule has 0 aromatic heterocycles. The number of rotatable bonds is 7. The molecule has 0 unspecified atom stereocenters. The number of hydrogen-bond donors (Lipinski definition) is 1. The van der Waals surface area contributed by atoms with Gasteiger partial charge in [-0.25, -0.2) is 0 Å². The lowest BCUT2D eigenvalue weighted by Gasteiger charge is -2.17. The number of para-hydroxylation sites is 1. The van der Waals surface area contributed by atoms with Gasteiger partial charge >= 0.3 is 5.97 Å². The summed E-state index contributed by atoms with van der Waals surface area (Å²) in [7, 11) is 0. The third kappa shape index (κ3) is 5.02. The third-order valence-electron chi connectivity index (χ3n) is 5.13. The van der Waals surface area contributed by atoms with Crippen LogP contribution in [-0.2, 0) is 32.0 Å². The molecule has 1 aliphatic rings. The Kier molecular flexibility index (Phi) is 6.65. The van der Waals surface area contributed by atoms with Gasteiger partial charge in [-0.15, -0.1) is 0 Å². The normalized spacial score (nSPS) is 16.0. The Balaban J connectivity index is 1.53. The minimum absolute atomic E-state index is 0.0919. The van der Waals surface area contributed by atoms with Gasteiger partial charge in [0.25, 0.3) is 5.91 Å². The Bertz CT molecular complexity index is 892. The van der Waals surface area contributed by atoms with Crippen LogP contribution >= 0.6 is 0 Å². The molecule has 0 saturated carbocycles. The van der Waals surface area contributed by atoms with Crippen LogP contribution in [0.1, 0.15) is 31.4 Å². The summed E-state index contributed by atoms with van der Waals surface area (Å²) in [6, 6.07) is 15.2. The Labute approximate surface area is 170 Å². The summed E-state index contributed by atoms with van der Waals surface area (Å²) in [6.07, 6.45) is 1.80. The van der Waals surface area contributed by atoms with Crippen LogP contribution in [-0.4, -0.2) is 30.9 Å². The fourth-order valence-electron chi connectivity index (χ4n) is 3.42. The first kappa shape index (κ1) is 20.6. The highest BCUT2D eigenvalue weighted by Crippen LogP contribution is 2.26. The number of carbonyl (C=O) groups excluding carboxylic acids is 3. The standard InChI is InChI=1S/C23H26N2O4/c1-3-16-9-11-19(12-10-16)25-14-18(13-22(25)27)23(28)29-15-21(26)24-20-8-6-5-7-17(20)4-2/h5-12,18H,3-4,13-15H2,1-2H3,(H,24,26)/t18-/m1/s1. The first-order valence-corrected chi connectivity index (χ1v) is 9.95. The molecule has 0 radical (unpaired) electrons. The van der Waals surface area contributed by atoms with Crippen molar-refractivity contribution in [3.8, 4) is 0 Å². The molecule has 29 heavy (non-hydrogen) atoms. The highest BCUT2D eigenvalue weighted by atomic mass is 16.5. The molecule has 1 fully saturated rings. The van der Waals surface area contributed by atoms with Crippen molar-refractivity contribution in [1.29, 1.82) is 0 Å². The lowest BCUT2D eigenvalue weighted by Crippen LogP contribution is -2.28. The molecule has 1 N–H and O–H groups in total. The molecule has 0 spiro atoms. The molecule has 2 amide bonds. The van der Waals surface area contributed by atoms with E-state index in [4.69, 9.17) is 4.74 Å². The zero-order chi connectivity index (χ0) is 20.8. The smallest absolute Gasteiger partial charge is 0.311 e. The van der Waals surface area contributed by atoms with E-state index in [-0.39, 0.29) is 25.5 Å². The second kappa shape index (κ2) is 9.37. The first-order valence-electron chi connectivity index (χ1n) is 9.95. The second-order valence-corrected chi connectivity index (χ2v) is 7.09. The van der Waals surface area contributed by atoms with Gasteiger partial charge in [0.15, 0.2) is 6.61 Å². The number of esters is 1. The summed E-state index contributed by atoms with van der Waals surface area (Å²) in [4.78, 5) is 38.4. The molecule has 1 saturated heterocycles. The van der Waals surface area contributed by atoms with Gasteiger partial charge in [-0.3, -0.25) is 14.4 Å². The zero-order valence-electron chi connectivity index (χ0n) is 16.8. The maximum absolute atomic E-state index is 12.4. The number of anilines is 2. The highest BCUT2D eigenvalue weighted by molar-refractivity contribution is 6.00. The van der Waals surface area contributed by atoms with Crippen LogP contribution in [0, 0.1) is 5.92 Å². The Morgan fingerprint density at radius 1 is 1.07 bits per heavy atom. The van der Waals surface area contributed by atoms with Crippen LogP contribution in [0.5, 0.6) is 0 Å². The van der Waals surface area contributed by atoms with Crippen molar-refractivity contribution in [3.63, 3.8) is 0 Å². The zero-order valence-corrected chi connectivity index (χ0v) is 16.8. The van der Waals surface area contributed by atoms with Crippen molar-refractivity contribution < 1.29 is 19.1 Å². The van der Waals surface area contributed by atoms with Crippen LogP contribution in [0.15, 0.2) is 48.5 Å². The van der Waals surface area contributed by atoms with Crippen LogP contribution in [0.4, 0.5) is 11.4 Å². The quantitative estimate of drug-likeness (QED) is 0.731. The van der Waals surface area contributed by atoms with Gasteiger partial charge in [-0.1, -0.05) is 44.2 Å². The molecule has 2 aromatic carbocycles. The predicted octanol–water partition coefficient (Wildman–Crippen LogP) is 3.35. The van der Waals surface area contributed by atoms with Crippen LogP contribution in [0.25, 0.3) is 0 Å². The van der Waals surface area contributed by atoms with Crippen molar-refractivity contribution in [1.82, 2.24) is 0 Å². The fraction of sp³-hybridized carbons (Fsp3) is 0.348. The minimum atomic E-state index is -0.566. The molecule has 6 heteroatoms. The number of nitrogens with zero attached hydrogens (tertiary/aromatic N) is 1. The fourth-order valence-corrected chi connectivity index (χ4v) is 3.42. The molecule has 152 valence electrons. The number of amides is 2. The molecule has 1 atom stereocenters. The Hall–Kier alpha value is -3.15. The highest BCUT2D eigenvalue weighted by Gasteiger charge is 2.36. The van der Waals surface area contributed by atoms with Gasteiger partial charge in [0.1, 0.15) is 0 Å². The van der Waals surface area contributed by atoms with Gasteiger partial charge in [0.05, 0.1) is 5.92 Å². The van der Waals surface area contributed by atoms with Crippen molar-refractivity contribution in [2.75, 3.05) is 23.4 Å². The van der Waals surface area contributed by atoms with E-state index in [2.05, 4.69) is 12.2 Å². The van der Waals surface area contributed by atoms with Gasteiger partial charge in [-0.05, 0) is 42.2 Å². The summed E-state index contributed by atoms with van der Waals surface area (Å²) in [6.45, 7) is 3.97. The van der Waals surface area contributed by atoms with Gasteiger partial charge in [0.2, 0.25) is 5.91 Å². The molecule has 0 aliphatic carbocycles. The first-order chi connectivity index (χ1) is 14.0. The van der Waals surface area contributed by atoms with Crippen molar-refractivity contribution in [2.24, 2.45) is 5.92 Å². The SMILES string of the molecule is CCc1ccc(N2C[C@H](C(=O)OCC(=O)Nc3ccccc3CC)CC2=O)cc1.